The lowest BCUT2D eigenvalue weighted by Gasteiger charge is -2.31. The van der Waals surface area contributed by atoms with Crippen molar-refractivity contribution < 1.29 is 26.7 Å². The van der Waals surface area contributed by atoms with Crippen LogP contribution in [0.3, 0.4) is 0 Å². The van der Waals surface area contributed by atoms with Crippen LogP contribution in [0.2, 0.25) is 0 Å². The molecule has 7 nitrogen and oxygen atoms in total. The quantitative estimate of drug-likeness (QED) is 0.769. The summed E-state index contributed by atoms with van der Waals surface area (Å²) >= 11 is 0. The lowest BCUT2D eigenvalue weighted by Crippen LogP contribution is -2.47. The summed E-state index contributed by atoms with van der Waals surface area (Å²) in [7, 11) is -1.77. The lowest BCUT2D eigenvalue weighted by molar-refractivity contribution is -0.0501. The van der Waals surface area contributed by atoms with E-state index in [0.717, 1.165) is 0 Å². The number of carbonyl (C=O) groups is 1. The van der Waals surface area contributed by atoms with Gasteiger partial charge in [-0.25, -0.2) is 8.42 Å². The maximum absolute atomic E-state index is 12.9. The van der Waals surface area contributed by atoms with Gasteiger partial charge in [-0.2, -0.15) is 13.1 Å². The third-order valence-electron chi connectivity index (χ3n) is 4.54. The SMILES string of the molecule is CN1CCN(S(=O)(=O)c2cccc(NC(=O)c3ccccc3OC(F)F)c2)CC1. The van der Waals surface area contributed by atoms with Gasteiger partial charge in [0.1, 0.15) is 5.75 Å². The molecule has 3 rings (SSSR count). The van der Waals surface area contributed by atoms with E-state index in [1.807, 2.05) is 11.9 Å². The molecule has 0 bridgehead atoms. The molecule has 1 aliphatic rings. The Balaban J connectivity index is 1.79. The maximum atomic E-state index is 12.9. The molecule has 1 aliphatic heterocycles. The average Bonchev–Trinajstić information content (AvgIpc) is 2.68. The zero-order valence-electron chi connectivity index (χ0n) is 15.7. The molecular weight excluding hydrogens is 404 g/mol. The highest BCUT2D eigenvalue weighted by Gasteiger charge is 2.27. The summed E-state index contributed by atoms with van der Waals surface area (Å²) < 4.78 is 56.6. The van der Waals surface area contributed by atoms with Crippen molar-refractivity contribution in [1.82, 2.24) is 9.21 Å². The van der Waals surface area contributed by atoms with Gasteiger partial charge in [-0.1, -0.05) is 18.2 Å². The standard InChI is InChI=1S/C19H21F2N3O4S/c1-23-9-11-24(12-10-23)29(26,27)15-6-4-5-14(13-15)22-18(25)16-7-2-3-8-17(16)28-19(20)21/h2-8,13,19H,9-12H2,1H3,(H,22,25). The van der Waals surface area contributed by atoms with Gasteiger partial charge >= 0.3 is 6.61 Å². The largest absolute Gasteiger partial charge is 0.434 e. The fraction of sp³-hybridized carbons (Fsp3) is 0.316. The Labute approximate surface area is 167 Å². The number of alkyl halides is 2. The zero-order valence-corrected chi connectivity index (χ0v) is 16.5. The van der Waals surface area contributed by atoms with Crippen LogP contribution < -0.4 is 10.1 Å². The number of carbonyl (C=O) groups excluding carboxylic acids is 1. The molecule has 2 aromatic rings. The molecule has 0 aliphatic carbocycles. The van der Waals surface area contributed by atoms with Crippen molar-refractivity contribution in [3.8, 4) is 5.75 Å². The van der Waals surface area contributed by atoms with E-state index in [0.29, 0.717) is 26.2 Å². The number of hydrogen-bond donors (Lipinski definition) is 1. The van der Waals surface area contributed by atoms with Crippen LogP contribution in [0.15, 0.2) is 53.4 Å². The second-order valence-electron chi connectivity index (χ2n) is 6.56. The lowest BCUT2D eigenvalue weighted by atomic mass is 10.2. The molecule has 0 unspecified atom stereocenters. The van der Waals surface area contributed by atoms with Crippen molar-refractivity contribution in [3.05, 3.63) is 54.1 Å². The number of nitrogens with zero attached hydrogens (tertiary/aromatic N) is 2. The van der Waals surface area contributed by atoms with Crippen molar-refractivity contribution in [3.63, 3.8) is 0 Å². The number of para-hydroxylation sites is 1. The van der Waals surface area contributed by atoms with Crippen molar-refractivity contribution in [1.29, 1.82) is 0 Å². The number of halogens is 2. The van der Waals surface area contributed by atoms with Gasteiger partial charge < -0.3 is 15.0 Å². The molecule has 156 valence electrons. The maximum Gasteiger partial charge on any atom is 0.387 e. The third-order valence-corrected chi connectivity index (χ3v) is 6.43. The number of amides is 1. The van der Waals surface area contributed by atoms with Gasteiger partial charge in [-0.3, -0.25) is 4.79 Å². The first-order valence-corrected chi connectivity index (χ1v) is 10.4. The highest BCUT2D eigenvalue weighted by molar-refractivity contribution is 7.89. The number of piperazine rings is 1. The molecule has 1 saturated heterocycles. The number of ether oxygens (including phenoxy) is 1. The van der Waals surface area contributed by atoms with Crippen molar-refractivity contribution >= 4 is 21.6 Å². The first-order chi connectivity index (χ1) is 13.8. The van der Waals surface area contributed by atoms with Crippen LogP contribution in [-0.2, 0) is 10.0 Å². The predicted molar refractivity (Wildman–Crippen MR) is 104 cm³/mol. The number of benzene rings is 2. The monoisotopic (exact) mass is 425 g/mol. The Morgan fingerprint density at radius 2 is 1.76 bits per heavy atom. The fourth-order valence-corrected chi connectivity index (χ4v) is 4.43. The van der Waals surface area contributed by atoms with E-state index in [2.05, 4.69) is 10.1 Å². The normalized spacial score (nSPS) is 16.0. The second kappa shape index (κ2) is 8.85. The number of rotatable bonds is 6. The molecular formula is C19H21F2N3O4S. The molecule has 1 N–H and O–H groups in total. The Morgan fingerprint density at radius 3 is 2.45 bits per heavy atom. The molecule has 0 radical (unpaired) electrons. The third kappa shape index (κ3) is 5.08. The van der Waals surface area contributed by atoms with E-state index < -0.39 is 22.5 Å². The molecule has 10 heteroatoms. The number of anilines is 1. The van der Waals surface area contributed by atoms with Crippen LogP contribution in [0.5, 0.6) is 5.75 Å². The molecule has 1 heterocycles. The van der Waals surface area contributed by atoms with E-state index in [1.54, 1.807) is 0 Å². The first-order valence-electron chi connectivity index (χ1n) is 8.91. The summed E-state index contributed by atoms with van der Waals surface area (Å²) in [5.74, 6) is -0.948. The van der Waals surface area contributed by atoms with Crippen LogP contribution in [0.25, 0.3) is 0 Å². The minimum absolute atomic E-state index is 0.0527. The Kier molecular flexibility index (Phi) is 6.46. The van der Waals surface area contributed by atoms with E-state index >= 15 is 0 Å². The van der Waals surface area contributed by atoms with Gasteiger partial charge in [0, 0.05) is 31.9 Å². The van der Waals surface area contributed by atoms with Crippen molar-refractivity contribution in [2.75, 3.05) is 38.5 Å². The highest BCUT2D eigenvalue weighted by atomic mass is 32.2. The van der Waals surface area contributed by atoms with Gasteiger partial charge in [-0.15, -0.1) is 0 Å². The van der Waals surface area contributed by atoms with E-state index in [-0.39, 0.29) is 21.9 Å². The van der Waals surface area contributed by atoms with Crippen molar-refractivity contribution in [2.24, 2.45) is 0 Å². The summed E-state index contributed by atoms with van der Waals surface area (Å²) in [6, 6.07) is 11.4. The van der Waals surface area contributed by atoms with Gasteiger partial charge in [0.2, 0.25) is 10.0 Å². The summed E-state index contributed by atoms with van der Waals surface area (Å²) in [5.41, 5.74) is 0.150. The molecule has 0 saturated carbocycles. The Morgan fingerprint density at radius 1 is 1.07 bits per heavy atom. The zero-order chi connectivity index (χ0) is 21.0. The van der Waals surface area contributed by atoms with Crippen molar-refractivity contribution in [2.45, 2.75) is 11.5 Å². The first kappa shape index (κ1) is 21.2. The molecule has 2 aromatic carbocycles. The van der Waals surface area contributed by atoms with Crippen LogP contribution in [0.4, 0.5) is 14.5 Å². The van der Waals surface area contributed by atoms with Crippen LogP contribution >= 0.6 is 0 Å². The number of hydrogen-bond acceptors (Lipinski definition) is 5. The molecule has 1 amide bonds. The van der Waals surface area contributed by atoms with Crippen LogP contribution in [0, 0.1) is 0 Å². The van der Waals surface area contributed by atoms with Crippen LogP contribution in [0.1, 0.15) is 10.4 Å². The highest BCUT2D eigenvalue weighted by Crippen LogP contribution is 2.24. The number of sulfonamides is 1. The van der Waals surface area contributed by atoms with E-state index in [4.69, 9.17) is 0 Å². The van der Waals surface area contributed by atoms with E-state index in [9.17, 15) is 22.0 Å². The van der Waals surface area contributed by atoms with Gasteiger partial charge in [0.15, 0.2) is 0 Å². The predicted octanol–water partition coefficient (Wildman–Crippen LogP) is 2.48. The average molecular weight is 425 g/mol. The minimum atomic E-state index is -3.70. The van der Waals surface area contributed by atoms with Crippen LogP contribution in [-0.4, -0.2) is 63.4 Å². The Bertz CT molecular complexity index is 977. The number of nitrogens with one attached hydrogen (secondary N) is 1. The molecule has 1 fully saturated rings. The van der Waals surface area contributed by atoms with Gasteiger partial charge in [0.05, 0.1) is 10.5 Å². The minimum Gasteiger partial charge on any atom is -0.434 e. The molecule has 0 spiro atoms. The Hall–Kier alpha value is -2.56. The summed E-state index contributed by atoms with van der Waals surface area (Å²) in [6.07, 6.45) is 0. The smallest absolute Gasteiger partial charge is 0.387 e. The summed E-state index contributed by atoms with van der Waals surface area (Å²) in [4.78, 5) is 14.6. The number of likely N-dealkylation sites (N-methyl/N-ethyl adjacent to an activating group) is 1. The fourth-order valence-electron chi connectivity index (χ4n) is 2.96. The second-order valence-corrected chi connectivity index (χ2v) is 8.50. The summed E-state index contributed by atoms with van der Waals surface area (Å²) in [6.45, 7) is -1.03. The molecule has 29 heavy (non-hydrogen) atoms. The topological polar surface area (TPSA) is 79.0 Å². The van der Waals surface area contributed by atoms with E-state index in [1.165, 1.54) is 52.8 Å². The summed E-state index contributed by atoms with van der Waals surface area (Å²) in [5, 5.41) is 2.54. The molecule has 0 aromatic heterocycles. The molecule has 0 atom stereocenters. The van der Waals surface area contributed by atoms with Gasteiger partial charge in [-0.05, 0) is 37.4 Å². The van der Waals surface area contributed by atoms with Gasteiger partial charge in [0.25, 0.3) is 5.91 Å².